The molecule has 0 heterocycles. The van der Waals surface area contributed by atoms with Crippen molar-refractivity contribution >= 4 is 0 Å². The fraction of sp³-hybridized carbons (Fsp3) is 1.00. The van der Waals surface area contributed by atoms with Crippen molar-refractivity contribution in [3.63, 3.8) is 0 Å². The van der Waals surface area contributed by atoms with Crippen LogP contribution in [0.4, 0.5) is 0 Å². The Morgan fingerprint density at radius 3 is 2.33 bits per heavy atom. The van der Waals surface area contributed by atoms with Gasteiger partial charge in [0.2, 0.25) is 0 Å². The summed E-state index contributed by atoms with van der Waals surface area (Å²) >= 11 is 0. The molecule has 108 valence electrons. The molecule has 1 N–H and O–H groups in total. The van der Waals surface area contributed by atoms with E-state index in [9.17, 15) is 0 Å². The van der Waals surface area contributed by atoms with Gasteiger partial charge in [0.25, 0.3) is 0 Å². The van der Waals surface area contributed by atoms with Crippen LogP contribution < -0.4 is 5.32 Å². The van der Waals surface area contributed by atoms with E-state index in [-0.39, 0.29) is 0 Å². The van der Waals surface area contributed by atoms with Crippen molar-refractivity contribution in [3.05, 3.63) is 0 Å². The van der Waals surface area contributed by atoms with Crippen molar-refractivity contribution < 1.29 is 0 Å². The summed E-state index contributed by atoms with van der Waals surface area (Å²) in [6.07, 6.45) is 8.54. The first-order valence-corrected chi connectivity index (χ1v) is 7.72. The van der Waals surface area contributed by atoms with Crippen LogP contribution in [0.3, 0.4) is 0 Å². The molecule has 1 rings (SSSR count). The third-order valence-electron chi connectivity index (χ3n) is 3.97. The average molecular weight is 255 g/mol. The second-order valence-electron chi connectivity index (χ2n) is 6.17. The summed E-state index contributed by atoms with van der Waals surface area (Å²) in [5.74, 6) is 0.956. The van der Waals surface area contributed by atoms with E-state index in [1.807, 2.05) is 0 Å². The molecule has 0 radical (unpaired) electrons. The van der Waals surface area contributed by atoms with E-state index >= 15 is 0 Å². The smallest absolute Gasteiger partial charge is 0.0104 e. The quantitative estimate of drug-likeness (QED) is 0.636. The zero-order valence-electron chi connectivity index (χ0n) is 12.7. The van der Waals surface area contributed by atoms with Gasteiger partial charge in [-0.05, 0) is 66.0 Å². The van der Waals surface area contributed by atoms with Gasteiger partial charge in [0.15, 0.2) is 0 Å². The van der Waals surface area contributed by atoms with E-state index < -0.39 is 0 Å². The molecule has 0 saturated heterocycles. The van der Waals surface area contributed by atoms with Gasteiger partial charge >= 0.3 is 0 Å². The highest BCUT2D eigenvalue weighted by Gasteiger charge is 2.12. The molecule has 3 heteroatoms. The van der Waals surface area contributed by atoms with Crippen molar-refractivity contribution in [1.29, 1.82) is 0 Å². The minimum absolute atomic E-state index is 0.956. The molecule has 18 heavy (non-hydrogen) atoms. The van der Waals surface area contributed by atoms with Gasteiger partial charge in [-0.15, -0.1) is 0 Å². The zero-order chi connectivity index (χ0) is 13.2. The highest BCUT2D eigenvalue weighted by Crippen LogP contribution is 2.22. The number of nitrogens with one attached hydrogen (secondary N) is 1. The lowest BCUT2D eigenvalue weighted by Crippen LogP contribution is -2.33. The van der Waals surface area contributed by atoms with Gasteiger partial charge in [-0.25, -0.2) is 0 Å². The van der Waals surface area contributed by atoms with Crippen molar-refractivity contribution in [3.8, 4) is 0 Å². The number of hydrogen-bond donors (Lipinski definition) is 1. The van der Waals surface area contributed by atoms with Gasteiger partial charge in [-0.3, -0.25) is 0 Å². The molecule has 0 unspecified atom stereocenters. The zero-order valence-corrected chi connectivity index (χ0v) is 12.7. The Morgan fingerprint density at radius 2 is 1.67 bits per heavy atom. The average Bonchev–Trinajstić information content (AvgIpc) is 2.35. The van der Waals surface area contributed by atoms with Crippen LogP contribution in [0.2, 0.25) is 0 Å². The van der Waals surface area contributed by atoms with Crippen LogP contribution in [0, 0.1) is 5.92 Å². The van der Waals surface area contributed by atoms with Crippen LogP contribution in [0.25, 0.3) is 0 Å². The molecule has 0 atom stereocenters. The van der Waals surface area contributed by atoms with Crippen LogP contribution in [-0.2, 0) is 0 Å². The van der Waals surface area contributed by atoms with E-state index in [0.29, 0.717) is 0 Å². The lowest BCUT2D eigenvalue weighted by Gasteiger charge is -2.23. The highest BCUT2D eigenvalue weighted by atomic mass is 15.1. The number of nitrogens with zero attached hydrogens (tertiary/aromatic N) is 2. The maximum Gasteiger partial charge on any atom is 0.0104 e. The molecule has 0 aliphatic heterocycles. The largest absolute Gasteiger partial charge is 0.315 e. The molecule has 1 aliphatic rings. The highest BCUT2D eigenvalue weighted by molar-refractivity contribution is 4.68. The van der Waals surface area contributed by atoms with Gasteiger partial charge in [0.05, 0.1) is 0 Å². The minimum Gasteiger partial charge on any atom is -0.315 e. The normalized spacial score (nSPS) is 17.8. The van der Waals surface area contributed by atoms with Crippen LogP contribution in [0.5, 0.6) is 0 Å². The SMILES string of the molecule is CN(C)CCCN(C)CCNCC1CCCCC1. The number of hydrogen-bond acceptors (Lipinski definition) is 3. The van der Waals surface area contributed by atoms with Gasteiger partial charge < -0.3 is 15.1 Å². The monoisotopic (exact) mass is 255 g/mol. The molecule has 0 aromatic carbocycles. The first kappa shape index (κ1) is 15.9. The lowest BCUT2D eigenvalue weighted by molar-refractivity contribution is 0.289. The maximum absolute atomic E-state index is 3.63. The maximum atomic E-state index is 3.63. The molecule has 0 aromatic rings. The molecule has 0 spiro atoms. The van der Waals surface area contributed by atoms with Crippen molar-refractivity contribution in [2.45, 2.75) is 38.5 Å². The summed E-state index contributed by atoms with van der Waals surface area (Å²) in [6, 6.07) is 0. The lowest BCUT2D eigenvalue weighted by atomic mass is 9.89. The molecule has 1 fully saturated rings. The van der Waals surface area contributed by atoms with Gasteiger partial charge in [0, 0.05) is 13.1 Å². The Bertz CT molecular complexity index is 188. The van der Waals surface area contributed by atoms with Crippen molar-refractivity contribution in [1.82, 2.24) is 15.1 Å². The Morgan fingerprint density at radius 1 is 0.944 bits per heavy atom. The molecule has 0 amide bonds. The fourth-order valence-electron chi connectivity index (χ4n) is 2.74. The predicted octanol–water partition coefficient (Wildman–Crippen LogP) is 2.04. The van der Waals surface area contributed by atoms with E-state index in [2.05, 4.69) is 36.3 Å². The predicted molar refractivity (Wildman–Crippen MR) is 80.1 cm³/mol. The summed E-state index contributed by atoms with van der Waals surface area (Å²) in [6.45, 7) is 5.98. The molecule has 1 aliphatic carbocycles. The second-order valence-corrected chi connectivity index (χ2v) is 6.17. The molecular weight excluding hydrogens is 222 g/mol. The van der Waals surface area contributed by atoms with Gasteiger partial charge in [0.1, 0.15) is 0 Å². The third kappa shape index (κ3) is 8.06. The third-order valence-corrected chi connectivity index (χ3v) is 3.97. The Hall–Kier alpha value is -0.120. The van der Waals surface area contributed by atoms with E-state index in [4.69, 9.17) is 0 Å². The number of likely N-dealkylation sites (N-methyl/N-ethyl adjacent to an activating group) is 1. The standard InChI is InChI=1S/C15H33N3/c1-17(2)11-7-12-18(3)13-10-16-14-15-8-5-4-6-9-15/h15-16H,4-14H2,1-3H3. The molecular formula is C15H33N3. The summed E-state index contributed by atoms with van der Waals surface area (Å²) < 4.78 is 0. The first-order valence-electron chi connectivity index (χ1n) is 7.72. The van der Waals surface area contributed by atoms with Crippen molar-refractivity contribution in [2.24, 2.45) is 5.92 Å². The second kappa shape index (κ2) is 9.76. The molecule has 0 bridgehead atoms. The Labute approximate surface area is 114 Å². The summed E-state index contributed by atoms with van der Waals surface area (Å²) in [4.78, 5) is 4.70. The van der Waals surface area contributed by atoms with Gasteiger partial charge in [-0.1, -0.05) is 19.3 Å². The first-order chi connectivity index (χ1) is 8.68. The molecule has 0 aromatic heterocycles. The topological polar surface area (TPSA) is 18.5 Å². The van der Waals surface area contributed by atoms with Crippen LogP contribution in [0.15, 0.2) is 0 Å². The van der Waals surface area contributed by atoms with E-state index in [1.165, 1.54) is 64.7 Å². The number of rotatable bonds is 9. The van der Waals surface area contributed by atoms with E-state index in [0.717, 1.165) is 12.5 Å². The summed E-state index contributed by atoms with van der Waals surface area (Å²) in [7, 11) is 6.52. The van der Waals surface area contributed by atoms with E-state index in [1.54, 1.807) is 0 Å². The summed E-state index contributed by atoms with van der Waals surface area (Å²) in [5, 5.41) is 3.63. The van der Waals surface area contributed by atoms with Crippen molar-refractivity contribution in [2.75, 3.05) is 53.9 Å². The summed E-state index contributed by atoms with van der Waals surface area (Å²) in [5.41, 5.74) is 0. The minimum atomic E-state index is 0.956. The Balaban J connectivity index is 1.89. The molecule has 1 saturated carbocycles. The fourth-order valence-corrected chi connectivity index (χ4v) is 2.74. The van der Waals surface area contributed by atoms with Crippen LogP contribution in [-0.4, -0.2) is 63.7 Å². The van der Waals surface area contributed by atoms with Crippen LogP contribution in [0.1, 0.15) is 38.5 Å². The van der Waals surface area contributed by atoms with Crippen LogP contribution >= 0.6 is 0 Å². The van der Waals surface area contributed by atoms with Gasteiger partial charge in [-0.2, -0.15) is 0 Å². The molecule has 3 nitrogen and oxygen atoms in total. The Kier molecular flexibility index (Phi) is 8.64.